The van der Waals surface area contributed by atoms with Crippen LogP contribution in [0, 0.1) is 0 Å². The molecule has 3 aromatic rings. The molecule has 0 bridgehead atoms. The lowest BCUT2D eigenvalue weighted by Gasteiger charge is -2.31. The minimum absolute atomic E-state index is 0.160. The number of carbonyl (C=O) groups is 1. The molecule has 0 fully saturated rings. The minimum atomic E-state index is -0.160. The van der Waals surface area contributed by atoms with E-state index in [0.717, 1.165) is 22.8 Å². The van der Waals surface area contributed by atoms with Gasteiger partial charge in [0.1, 0.15) is 0 Å². The summed E-state index contributed by atoms with van der Waals surface area (Å²) in [6.45, 7) is 0.531. The van der Waals surface area contributed by atoms with Crippen molar-refractivity contribution in [3.8, 4) is 5.69 Å². The van der Waals surface area contributed by atoms with Crippen LogP contribution < -0.4 is 10.2 Å². The van der Waals surface area contributed by atoms with Crippen molar-refractivity contribution in [2.75, 3.05) is 10.2 Å². The van der Waals surface area contributed by atoms with E-state index in [4.69, 9.17) is 11.6 Å². The first-order valence-electron chi connectivity index (χ1n) is 7.32. The lowest BCUT2D eigenvalue weighted by atomic mass is 10.2. The average Bonchev–Trinajstić information content (AvgIpc) is 3.05. The molecule has 0 aliphatic carbocycles. The Hall–Kier alpha value is -2.72. The standard InChI is InChI=1S/C18H14ClN3O/c19-13-7-9-14(10-8-13)20-18(23)22-12-15-4-3-11-21(15)16-5-1-2-6-17(16)22/h1-11H,12H2,(H,20,23). The Kier molecular flexibility index (Phi) is 3.32. The van der Waals surface area contributed by atoms with Gasteiger partial charge in [-0.05, 0) is 48.5 Å². The van der Waals surface area contributed by atoms with Crippen molar-refractivity contribution >= 4 is 29.0 Å². The van der Waals surface area contributed by atoms with E-state index >= 15 is 0 Å². The topological polar surface area (TPSA) is 37.3 Å². The number of fused-ring (bicyclic) bond motifs is 3. The van der Waals surface area contributed by atoms with Crippen LogP contribution in [0.15, 0.2) is 66.9 Å². The maximum absolute atomic E-state index is 12.7. The molecule has 0 saturated heterocycles. The Morgan fingerprint density at radius 1 is 0.957 bits per heavy atom. The molecular formula is C18H14ClN3O. The number of anilines is 2. The lowest BCUT2D eigenvalue weighted by molar-refractivity contribution is 0.256. The van der Waals surface area contributed by atoms with E-state index in [1.54, 1.807) is 29.2 Å². The van der Waals surface area contributed by atoms with Crippen molar-refractivity contribution in [1.82, 2.24) is 4.57 Å². The third-order valence-corrected chi connectivity index (χ3v) is 4.18. The maximum atomic E-state index is 12.7. The van der Waals surface area contributed by atoms with E-state index in [1.165, 1.54) is 0 Å². The van der Waals surface area contributed by atoms with E-state index in [2.05, 4.69) is 9.88 Å². The van der Waals surface area contributed by atoms with Crippen molar-refractivity contribution in [1.29, 1.82) is 0 Å². The van der Waals surface area contributed by atoms with Gasteiger partial charge in [0.05, 0.1) is 17.9 Å². The fourth-order valence-electron chi connectivity index (χ4n) is 2.83. The molecule has 2 heterocycles. The summed E-state index contributed by atoms with van der Waals surface area (Å²) in [5, 5.41) is 3.56. The summed E-state index contributed by atoms with van der Waals surface area (Å²) in [5.41, 5.74) is 3.69. The van der Waals surface area contributed by atoms with Crippen LogP contribution in [-0.2, 0) is 6.54 Å². The average molecular weight is 324 g/mol. The second-order valence-corrected chi connectivity index (χ2v) is 5.82. The number of para-hydroxylation sites is 2. The number of nitrogens with one attached hydrogen (secondary N) is 1. The molecule has 1 N–H and O–H groups in total. The van der Waals surface area contributed by atoms with Gasteiger partial charge in [0.25, 0.3) is 0 Å². The monoisotopic (exact) mass is 323 g/mol. The highest BCUT2D eigenvalue weighted by Crippen LogP contribution is 2.32. The van der Waals surface area contributed by atoms with Crippen LogP contribution in [0.4, 0.5) is 16.2 Å². The predicted molar refractivity (Wildman–Crippen MR) is 92.4 cm³/mol. The molecule has 2 aromatic carbocycles. The second kappa shape index (κ2) is 5.48. The zero-order valence-corrected chi connectivity index (χ0v) is 13.0. The quantitative estimate of drug-likeness (QED) is 0.693. The van der Waals surface area contributed by atoms with Crippen LogP contribution in [-0.4, -0.2) is 10.6 Å². The van der Waals surface area contributed by atoms with E-state index in [0.29, 0.717) is 11.6 Å². The summed E-state index contributed by atoms with van der Waals surface area (Å²) >= 11 is 5.88. The molecule has 23 heavy (non-hydrogen) atoms. The molecule has 1 aliphatic rings. The first-order chi connectivity index (χ1) is 11.2. The molecule has 0 spiro atoms. The molecule has 0 unspecified atom stereocenters. The van der Waals surface area contributed by atoms with E-state index in [-0.39, 0.29) is 6.03 Å². The molecule has 4 rings (SSSR count). The Morgan fingerprint density at radius 2 is 1.70 bits per heavy atom. The van der Waals surface area contributed by atoms with Crippen molar-refractivity contribution in [2.45, 2.75) is 6.54 Å². The Morgan fingerprint density at radius 3 is 2.48 bits per heavy atom. The molecule has 1 aliphatic heterocycles. The molecule has 5 heteroatoms. The van der Waals surface area contributed by atoms with Gasteiger partial charge in [0.15, 0.2) is 0 Å². The summed E-state index contributed by atoms with van der Waals surface area (Å²) in [6, 6.07) is 18.8. The van der Waals surface area contributed by atoms with Gasteiger partial charge >= 0.3 is 6.03 Å². The van der Waals surface area contributed by atoms with Crippen LogP contribution >= 0.6 is 11.6 Å². The van der Waals surface area contributed by atoms with Crippen molar-refractivity contribution in [2.24, 2.45) is 0 Å². The Bertz CT molecular complexity index is 870. The number of hydrogen-bond donors (Lipinski definition) is 1. The van der Waals surface area contributed by atoms with Gasteiger partial charge in [-0.3, -0.25) is 4.90 Å². The zero-order valence-electron chi connectivity index (χ0n) is 12.2. The smallest absolute Gasteiger partial charge is 0.317 e. The van der Waals surface area contributed by atoms with Gasteiger partial charge < -0.3 is 9.88 Å². The van der Waals surface area contributed by atoms with E-state index < -0.39 is 0 Å². The lowest BCUT2D eigenvalue weighted by Crippen LogP contribution is -2.38. The normalized spacial score (nSPS) is 12.5. The fraction of sp³-hybridized carbons (Fsp3) is 0.0556. The number of urea groups is 1. The number of amides is 2. The van der Waals surface area contributed by atoms with Crippen LogP contribution in [0.5, 0.6) is 0 Å². The van der Waals surface area contributed by atoms with Crippen LogP contribution in [0.2, 0.25) is 5.02 Å². The summed E-state index contributed by atoms with van der Waals surface area (Å²) in [4.78, 5) is 14.5. The molecule has 114 valence electrons. The van der Waals surface area contributed by atoms with Gasteiger partial charge in [0.2, 0.25) is 0 Å². The van der Waals surface area contributed by atoms with E-state index in [1.807, 2.05) is 42.6 Å². The number of hydrogen-bond acceptors (Lipinski definition) is 1. The largest absolute Gasteiger partial charge is 0.326 e. The van der Waals surface area contributed by atoms with Gasteiger partial charge in [0, 0.05) is 22.6 Å². The number of aromatic nitrogens is 1. The van der Waals surface area contributed by atoms with Gasteiger partial charge in [-0.1, -0.05) is 23.7 Å². The minimum Gasteiger partial charge on any atom is -0.317 e. The van der Waals surface area contributed by atoms with Crippen molar-refractivity contribution in [3.05, 3.63) is 77.6 Å². The summed E-state index contributed by atoms with van der Waals surface area (Å²) in [6.07, 6.45) is 2.02. The van der Waals surface area contributed by atoms with Crippen molar-refractivity contribution in [3.63, 3.8) is 0 Å². The molecular weight excluding hydrogens is 310 g/mol. The number of benzene rings is 2. The Balaban J connectivity index is 1.67. The molecule has 0 atom stereocenters. The van der Waals surface area contributed by atoms with Gasteiger partial charge in [-0.15, -0.1) is 0 Å². The van der Waals surface area contributed by atoms with Crippen LogP contribution in [0.1, 0.15) is 5.69 Å². The summed E-state index contributed by atoms with van der Waals surface area (Å²) in [5.74, 6) is 0. The molecule has 1 aromatic heterocycles. The highest BCUT2D eigenvalue weighted by molar-refractivity contribution is 6.30. The SMILES string of the molecule is O=C(Nc1ccc(Cl)cc1)N1Cc2cccn2-c2ccccc21. The second-order valence-electron chi connectivity index (χ2n) is 5.38. The maximum Gasteiger partial charge on any atom is 0.326 e. The molecule has 2 amide bonds. The number of rotatable bonds is 1. The molecule has 0 radical (unpaired) electrons. The van der Waals surface area contributed by atoms with Gasteiger partial charge in [-0.25, -0.2) is 4.79 Å². The number of carbonyl (C=O) groups excluding carboxylic acids is 1. The third kappa shape index (κ3) is 2.47. The summed E-state index contributed by atoms with van der Waals surface area (Å²) < 4.78 is 2.11. The molecule has 4 nitrogen and oxygen atoms in total. The third-order valence-electron chi connectivity index (χ3n) is 3.93. The first kappa shape index (κ1) is 13.9. The highest BCUT2D eigenvalue weighted by atomic mass is 35.5. The van der Waals surface area contributed by atoms with Crippen LogP contribution in [0.3, 0.4) is 0 Å². The first-order valence-corrected chi connectivity index (χ1v) is 7.70. The van der Waals surface area contributed by atoms with Crippen LogP contribution in [0.25, 0.3) is 5.69 Å². The Labute approximate surface area is 138 Å². The zero-order chi connectivity index (χ0) is 15.8. The predicted octanol–water partition coefficient (Wildman–Crippen LogP) is 4.68. The van der Waals surface area contributed by atoms with Gasteiger partial charge in [-0.2, -0.15) is 0 Å². The summed E-state index contributed by atoms with van der Waals surface area (Å²) in [7, 11) is 0. The highest BCUT2D eigenvalue weighted by Gasteiger charge is 2.25. The number of halogens is 1. The fourth-order valence-corrected chi connectivity index (χ4v) is 2.95. The van der Waals surface area contributed by atoms with E-state index in [9.17, 15) is 4.79 Å². The van der Waals surface area contributed by atoms with Crippen molar-refractivity contribution < 1.29 is 4.79 Å². The molecule has 0 saturated carbocycles. The number of nitrogens with zero attached hydrogens (tertiary/aromatic N) is 2.